The fourth-order valence-electron chi connectivity index (χ4n) is 2.09. The third-order valence-electron chi connectivity index (χ3n) is 3.14. The summed E-state index contributed by atoms with van der Waals surface area (Å²) in [5.74, 6) is 0.634. The van der Waals surface area contributed by atoms with Crippen molar-refractivity contribution < 1.29 is 4.79 Å². The van der Waals surface area contributed by atoms with E-state index in [1.807, 2.05) is 19.0 Å². The first-order valence-corrected chi connectivity index (χ1v) is 6.18. The first-order chi connectivity index (χ1) is 7.47. The maximum absolute atomic E-state index is 12.2. The summed E-state index contributed by atoms with van der Waals surface area (Å²) in [7, 11) is 4.07. The lowest BCUT2D eigenvalue weighted by molar-refractivity contribution is -0.130. The molecule has 4 heteroatoms. The van der Waals surface area contributed by atoms with Crippen LogP contribution in [0.2, 0.25) is 0 Å². The van der Waals surface area contributed by atoms with Crippen LogP contribution in [-0.4, -0.2) is 55.1 Å². The molecule has 1 amide bonds. The molecule has 0 radical (unpaired) electrons. The second kappa shape index (κ2) is 5.64. The van der Waals surface area contributed by atoms with Gasteiger partial charge in [0, 0.05) is 13.1 Å². The second-order valence-electron chi connectivity index (χ2n) is 5.15. The van der Waals surface area contributed by atoms with Gasteiger partial charge in [-0.25, -0.2) is 0 Å². The lowest BCUT2D eigenvalue weighted by Gasteiger charge is -2.24. The number of nitrogens with one attached hydrogen (secondary N) is 1. The Balaban J connectivity index is 2.62. The third kappa shape index (κ3) is 2.95. The van der Waals surface area contributed by atoms with E-state index in [0.717, 1.165) is 19.5 Å². The minimum Gasteiger partial charge on any atom is -0.325 e. The monoisotopic (exact) mass is 227 g/mol. The molecule has 2 atom stereocenters. The van der Waals surface area contributed by atoms with Crippen LogP contribution >= 0.6 is 0 Å². The molecule has 0 bridgehead atoms. The van der Waals surface area contributed by atoms with Gasteiger partial charge in [0.15, 0.2) is 0 Å². The van der Waals surface area contributed by atoms with Crippen molar-refractivity contribution in [1.29, 1.82) is 0 Å². The molecule has 0 aliphatic carbocycles. The highest BCUT2D eigenvalue weighted by Gasteiger charge is 2.38. The molecule has 0 saturated carbocycles. The van der Waals surface area contributed by atoms with Gasteiger partial charge in [-0.15, -0.1) is 0 Å². The SMILES string of the molecule is CCC1NC(C(C)C)C(=O)N1CCN(C)C. The fraction of sp³-hybridized carbons (Fsp3) is 0.917. The van der Waals surface area contributed by atoms with E-state index in [4.69, 9.17) is 0 Å². The van der Waals surface area contributed by atoms with Gasteiger partial charge < -0.3 is 9.80 Å². The van der Waals surface area contributed by atoms with Crippen molar-refractivity contribution in [1.82, 2.24) is 15.1 Å². The number of likely N-dealkylation sites (N-methyl/N-ethyl adjacent to an activating group) is 1. The van der Waals surface area contributed by atoms with Crippen molar-refractivity contribution in [2.75, 3.05) is 27.2 Å². The number of carbonyl (C=O) groups is 1. The molecule has 0 aromatic carbocycles. The molecule has 1 aliphatic heterocycles. The van der Waals surface area contributed by atoms with Gasteiger partial charge in [0.2, 0.25) is 5.91 Å². The summed E-state index contributed by atoms with van der Waals surface area (Å²) in [4.78, 5) is 16.3. The summed E-state index contributed by atoms with van der Waals surface area (Å²) >= 11 is 0. The first kappa shape index (κ1) is 13.5. The van der Waals surface area contributed by atoms with E-state index in [-0.39, 0.29) is 18.1 Å². The van der Waals surface area contributed by atoms with Crippen molar-refractivity contribution >= 4 is 5.91 Å². The molecule has 2 unspecified atom stereocenters. The van der Waals surface area contributed by atoms with Gasteiger partial charge in [-0.05, 0) is 26.4 Å². The van der Waals surface area contributed by atoms with Gasteiger partial charge >= 0.3 is 0 Å². The van der Waals surface area contributed by atoms with Crippen LogP contribution in [0.4, 0.5) is 0 Å². The smallest absolute Gasteiger partial charge is 0.241 e. The fourth-order valence-corrected chi connectivity index (χ4v) is 2.09. The summed E-state index contributed by atoms with van der Waals surface area (Å²) < 4.78 is 0. The van der Waals surface area contributed by atoms with E-state index in [1.165, 1.54) is 0 Å². The average molecular weight is 227 g/mol. The van der Waals surface area contributed by atoms with E-state index >= 15 is 0 Å². The van der Waals surface area contributed by atoms with E-state index in [1.54, 1.807) is 0 Å². The maximum atomic E-state index is 12.2. The van der Waals surface area contributed by atoms with E-state index in [2.05, 4.69) is 31.0 Å². The first-order valence-electron chi connectivity index (χ1n) is 6.18. The van der Waals surface area contributed by atoms with Gasteiger partial charge in [-0.1, -0.05) is 20.8 Å². The standard InChI is InChI=1S/C12H25N3O/c1-6-10-13-11(9(2)3)12(16)15(10)8-7-14(4)5/h9-11,13H,6-8H2,1-5H3. The summed E-state index contributed by atoms with van der Waals surface area (Å²) in [6.45, 7) is 8.06. The Morgan fingerprint density at radius 1 is 1.44 bits per heavy atom. The van der Waals surface area contributed by atoms with Crippen molar-refractivity contribution in [3.63, 3.8) is 0 Å². The Hall–Kier alpha value is -0.610. The van der Waals surface area contributed by atoms with Gasteiger partial charge in [-0.3, -0.25) is 10.1 Å². The average Bonchev–Trinajstić information content (AvgIpc) is 2.52. The molecular weight excluding hydrogens is 202 g/mol. The Bertz CT molecular complexity index is 240. The molecule has 1 rings (SSSR count). The Kier molecular flexibility index (Phi) is 4.74. The van der Waals surface area contributed by atoms with Gasteiger partial charge in [0.25, 0.3) is 0 Å². The minimum absolute atomic E-state index is 0.00659. The van der Waals surface area contributed by atoms with E-state index in [9.17, 15) is 4.79 Å². The zero-order chi connectivity index (χ0) is 12.3. The van der Waals surface area contributed by atoms with Crippen LogP contribution in [-0.2, 0) is 4.79 Å². The highest BCUT2D eigenvalue weighted by Crippen LogP contribution is 2.18. The van der Waals surface area contributed by atoms with Gasteiger partial charge in [-0.2, -0.15) is 0 Å². The van der Waals surface area contributed by atoms with Crippen molar-refractivity contribution in [2.24, 2.45) is 5.92 Å². The molecule has 0 aromatic heterocycles. The molecule has 1 aliphatic rings. The number of hydrogen-bond acceptors (Lipinski definition) is 3. The largest absolute Gasteiger partial charge is 0.325 e. The normalized spacial score (nSPS) is 26.2. The number of nitrogens with zero attached hydrogens (tertiary/aromatic N) is 2. The molecule has 0 aromatic rings. The van der Waals surface area contributed by atoms with Gasteiger partial charge in [0.1, 0.15) is 0 Å². The number of carbonyl (C=O) groups excluding carboxylic acids is 1. The molecule has 1 N–H and O–H groups in total. The van der Waals surface area contributed by atoms with Crippen molar-refractivity contribution in [3.05, 3.63) is 0 Å². The minimum atomic E-state index is 0.00659. The quantitative estimate of drug-likeness (QED) is 0.752. The van der Waals surface area contributed by atoms with Gasteiger partial charge in [0.05, 0.1) is 12.2 Å². The second-order valence-corrected chi connectivity index (χ2v) is 5.15. The zero-order valence-electron chi connectivity index (χ0n) is 11.2. The zero-order valence-corrected chi connectivity index (χ0v) is 11.2. The Morgan fingerprint density at radius 2 is 2.06 bits per heavy atom. The lowest BCUT2D eigenvalue weighted by atomic mass is 10.1. The van der Waals surface area contributed by atoms with Crippen LogP contribution in [0, 0.1) is 5.92 Å². The highest BCUT2D eigenvalue weighted by atomic mass is 16.2. The molecule has 4 nitrogen and oxygen atoms in total. The molecular formula is C12H25N3O. The molecule has 1 heterocycles. The summed E-state index contributed by atoms with van der Waals surface area (Å²) in [5, 5.41) is 3.42. The van der Waals surface area contributed by atoms with Crippen LogP contribution < -0.4 is 5.32 Å². The predicted molar refractivity (Wildman–Crippen MR) is 66.1 cm³/mol. The molecule has 1 fully saturated rings. The van der Waals surface area contributed by atoms with Crippen LogP contribution in [0.1, 0.15) is 27.2 Å². The number of hydrogen-bond donors (Lipinski definition) is 1. The molecule has 94 valence electrons. The maximum Gasteiger partial charge on any atom is 0.241 e. The van der Waals surface area contributed by atoms with Crippen molar-refractivity contribution in [2.45, 2.75) is 39.4 Å². The summed E-state index contributed by atoms with van der Waals surface area (Å²) in [5.41, 5.74) is 0. The summed E-state index contributed by atoms with van der Waals surface area (Å²) in [6.07, 6.45) is 1.20. The predicted octanol–water partition coefficient (Wildman–Crippen LogP) is 0.741. The van der Waals surface area contributed by atoms with Crippen LogP contribution in [0.15, 0.2) is 0 Å². The van der Waals surface area contributed by atoms with Crippen LogP contribution in [0.5, 0.6) is 0 Å². The van der Waals surface area contributed by atoms with Crippen LogP contribution in [0.25, 0.3) is 0 Å². The topological polar surface area (TPSA) is 35.6 Å². The number of amides is 1. The summed E-state index contributed by atoms with van der Waals surface area (Å²) in [6, 6.07) is 0.00659. The van der Waals surface area contributed by atoms with Crippen LogP contribution in [0.3, 0.4) is 0 Å². The van der Waals surface area contributed by atoms with Crippen molar-refractivity contribution in [3.8, 4) is 0 Å². The third-order valence-corrected chi connectivity index (χ3v) is 3.14. The van der Waals surface area contributed by atoms with E-state index < -0.39 is 0 Å². The highest BCUT2D eigenvalue weighted by molar-refractivity contribution is 5.84. The molecule has 16 heavy (non-hydrogen) atoms. The van der Waals surface area contributed by atoms with E-state index in [0.29, 0.717) is 5.92 Å². The molecule has 0 spiro atoms. The Labute approximate surface area is 99.0 Å². The number of rotatable bonds is 5. The molecule has 1 saturated heterocycles. The Morgan fingerprint density at radius 3 is 2.50 bits per heavy atom. The lowest BCUT2D eigenvalue weighted by Crippen LogP contribution is -2.40.